The molecule has 2 atom stereocenters. The fourth-order valence-electron chi connectivity index (χ4n) is 2.29. The molecule has 6 heteroatoms. The molecule has 2 N–H and O–H groups in total. The van der Waals surface area contributed by atoms with Crippen molar-refractivity contribution in [2.75, 3.05) is 13.2 Å². The van der Waals surface area contributed by atoms with Crippen LogP contribution in [0.15, 0.2) is 18.2 Å². The highest BCUT2D eigenvalue weighted by Crippen LogP contribution is 2.34. The van der Waals surface area contributed by atoms with Crippen LogP contribution >= 0.6 is 0 Å². The Morgan fingerprint density at radius 1 is 1.32 bits per heavy atom. The first-order chi connectivity index (χ1) is 8.89. The molecule has 2 rings (SSSR count). The van der Waals surface area contributed by atoms with Gasteiger partial charge in [-0.15, -0.1) is 0 Å². The Hall–Kier alpha value is -1.14. The fourth-order valence-corrected chi connectivity index (χ4v) is 2.29. The molecule has 19 heavy (non-hydrogen) atoms. The summed E-state index contributed by atoms with van der Waals surface area (Å²) >= 11 is 0. The lowest BCUT2D eigenvalue weighted by atomic mass is 9.89. The first-order valence-electron chi connectivity index (χ1n) is 6.09. The standard InChI is InChI=1S/C13H15F4NO/c14-11-6-8(3-4-10(11)13(15,16)17)12(18)9-2-1-5-19-7-9/h3-4,6,9,12H,1-2,5,7,18H2. The molecule has 0 radical (unpaired) electrons. The molecule has 1 heterocycles. The fraction of sp³-hybridized carbons (Fsp3) is 0.538. The van der Waals surface area contributed by atoms with Gasteiger partial charge in [0, 0.05) is 18.6 Å². The molecule has 1 saturated heterocycles. The molecule has 0 aromatic heterocycles. The van der Waals surface area contributed by atoms with Crippen molar-refractivity contribution < 1.29 is 22.3 Å². The van der Waals surface area contributed by atoms with E-state index in [0.29, 0.717) is 18.8 Å². The molecular formula is C13H15F4NO. The molecule has 0 aliphatic carbocycles. The topological polar surface area (TPSA) is 35.2 Å². The molecule has 1 aliphatic heterocycles. The van der Waals surface area contributed by atoms with Crippen LogP contribution in [-0.4, -0.2) is 13.2 Å². The lowest BCUT2D eigenvalue weighted by Crippen LogP contribution is -2.29. The number of ether oxygens (including phenoxy) is 1. The molecule has 1 fully saturated rings. The van der Waals surface area contributed by atoms with Crippen molar-refractivity contribution in [3.05, 3.63) is 35.1 Å². The van der Waals surface area contributed by atoms with E-state index in [1.165, 1.54) is 6.07 Å². The molecule has 2 nitrogen and oxygen atoms in total. The van der Waals surface area contributed by atoms with E-state index in [2.05, 4.69) is 0 Å². The Labute approximate surface area is 108 Å². The van der Waals surface area contributed by atoms with Gasteiger partial charge >= 0.3 is 6.18 Å². The van der Waals surface area contributed by atoms with Crippen molar-refractivity contribution in [1.29, 1.82) is 0 Å². The predicted octanol–water partition coefficient (Wildman–Crippen LogP) is 3.27. The van der Waals surface area contributed by atoms with Crippen LogP contribution in [-0.2, 0) is 10.9 Å². The molecule has 1 aromatic rings. The summed E-state index contributed by atoms with van der Waals surface area (Å²) in [5, 5.41) is 0. The monoisotopic (exact) mass is 277 g/mol. The smallest absolute Gasteiger partial charge is 0.381 e. The Balaban J connectivity index is 2.19. The van der Waals surface area contributed by atoms with E-state index in [0.717, 1.165) is 25.0 Å². The van der Waals surface area contributed by atoms with Gasteiger partial charge in [-0.25, -0.2) is 4.39 Å². The Morgan fingerprint density at radius 2 is 2.05 bits per heavy atom. The molecule has 1 aliphatic rings. The second-order valence-corrected chi connectivity index (χ2v) is 4.74. The van der Waals surface area contributed by atoms with Crippen molar-refractivity contribution in [3.63, 3.8) is 0 Å². The summed E-state index contributed by atoms with van der Waals surface area (Å²) in [5.41, 5.74) is 5.08. The minimum Gasteiger partial charge on any atom is -0.381 e. The maximum atomic E-state index is 13.5. The number of rotatable bonds is 2. The molecular weight excluding hydrogens is 262 g/mol. The van der Waals surface area contributed by atoms with Gasteiger partial charge in [-0.1, -0.05) is 6.07 Å². The molecule has 0 saturated carbocycles. The number of halogens is 4. The first-order valence-corrected chi connectivity index (χ1v) is 6.09. The van der Waals surface area contributed by atoms with Gasteiger partial charge in [0.25, 0.3) is 0 Å². The third kappa shape index (κ3) is 3.25. The lowest BCUT2D eigenvalue weighted by Gasteiger charge is -2.28. The molecule has 0 amide bonds. The van der Waals surface area contributed by atoms with Crippen LogP contribution in [0.1, 0.15) is 30.0 Å². The quantitative estimate of drug-likeness (QED) is 0.842. The summed E-state index contributed by atoms with van der Waals surface area (Å²) in [6.07, 6.45) is -2.98. The first kappa shape index (κ1) is 14.3. The van der Waals surface area contributed by atoms with Crippen molar-refractivity contribution in [2.24, 2.45) is 11.7 Å². The van der Waals surface area contributed by atoms with E-state index in [4.69, 9.17) is 10.5 Å². The maximum absolute atomic E-state index is 13.5. The second-order valence-electron chi connectivity index (χ2n) is 4.74. The zero-order chi connectivity index (χ0) is 14.0. The zero-order valence-electron chi connectivity index (χ0n) is 10.2. The summed E-state index contributed by atoms with van der Waals surface area (Å²) in [6, 6.07) is 2.36. The average Bonchev–Trinajstić information content (AvgIpc) is 2.37. The lowest BCUT2D eigenvalue weighted by molar-refractivity contribution is -0.140. The number of benzene rings is 1. The van der Waals surface area contributed by atoms with Gasteiger partial charge in [0.15, 0.2) is 0 Å². The predicted molar refractivity (Wildman–Crippen MR) is 61.9 cm³/mol. The van der Waals surface area contributed by atoms with E-state index in [9.17, 15) is 17.6 Å². The molecule has 106 valence electrons. The number of hydrogen-bond acceptors (Lipinski definition) is 2. The summed E-state index contributed by atoms with van der Waals surface area (Å²) in [5.74, 6) is -1.26. The van der Waals surface area contributed by atoms with Crippen LogP contribution in [0.25, 0.3) is 0 Å². The van der Waals surface area contributed by atoms with Crippen molar-refractivity contribution in [1.82, 2.24) is 0 Å². The third-order valence-corrected chi connectivity index (χ3v) is 3.39. The van der Waals surface area contributed by atoms with E-state index < -0.39 is 23.6 Å². The van der Waals surface area contributed by atoms with Crippen LogP contribution in [0.4, 0.5) is 17.6 Å². The van der Waals surface area contributed by atoms with Gasteiger partial charge in [0.2, 0.25) is 0 Å². The number of nitrogens with two attached hydrogens (primary N) is 1. The zero-order valence-corrected chi connectivity index (χ0v) is 10.2. The van der Waals surface area contributed by atoms with E-state index in [-0.39, 0.29) is 5.92 Å². The Bertz CT molecular complexity index is 441. The van der Waals surface area contributed by atoms with Crippen LogP contribution in [0, 0.1) is 11.7 Å². The van der Waals surface area contributed by atoms with Crippen LogP contribution in [0.5, 0.6) is 0 Å². The van der Waals surface area contributed by atoms with E-state index in [1.54, 1.807) is 0 Å². The summed E-state index contributed by atoms with van der Waals surface area (Å²) in [7, 11) is 0. The second kappa shape index (κ2) is 5.46. The largest absolute Gasteiger partial charge is 0.419 e. The highest BCUT2D eigenvalue weighted by Gasteiger charge is 2.34. The normalized spacial score (nSPS) is 22.3. The highest BCUT2D eigenvalue weighted by molar-refractivity contribution is 5.28. The molecule has 1 aromatic carbocycles. The number of alkyl halides is 3. The van der Waals surface area contributed by atoms with Crippen LogP contribution in [0.2, 0.25) is 0 Å². The minimum absolute atomic E-state index is 0.0184. The van der Waals surface area contributed by atoms with Crippen LogP contribution < -0.4 is 5.73 Å². The summed E-state index contributed by atoms with van der Waals surface area (Å²) < 4.78 is 56.1. The van der Waals surface area contributed by atoms with Gasteiger partial charge in [0.05, 0.1) is 12.2 Å². The van der Waals surface area contributed by atoms with Gasteiger partial charge < -0.3 is 10.5 Å². The van der Waals surface area contributed by atoms with Gasteiger partial charge in [-0.05, 0) is 30.5 Å². The molecule has 0 spiro atoms. The highest BCUT2D eigenvalue weighted by atomic mass is 19.4. The van der Waals surface area contributed by atoms with Gasteiger partial charge in [-0.3, -0.25) is 0 Å². The van der Waals surface area contributed by atoms with Gasteiger partial charge in [-0.2, -0.15) is 13.2 Å². The molecule has 2 unspecified atom stereocenters. The third-order valence-electron chi connectivity index (χ3n) is 3.39. The van der Waals surface area contributed by atoms with Crippen molar-refractivity contribution in [3.8, 4) is 0 Å². The average molecular weight is 277 g/mol. The molecule has 0 bridgehead atoms. The number of hydrogen-bond donors (Lipinski definition) is 1. The van der Waals surface area contributed by atoms with E-state index in [1.807, 2.05) is 0 Å². The summed E-state index contributed by atoms with van der Waals surface area (Å²) in [4.78, 5) is 0. The maximum Gasteiger partial charge on any atom is 0.419 e. The minimum atomic E-state index is -4.68. The summed E-state index contributed by atoms with van der Waals surface area (Å²) in [6.45, 7) is 1.13. The van der Waals surface area contributed by atoms with Crippen molar-refractivity contribution >= 4 is 0 Å². The van der Waals surface area contributed by atoms with Crippen molar-refractivity contribution in [2.45, 2.75) is 25.1 Å². The Morgan fingerprint density at radius 3 is 2.58 bits per heavy atom. The van der Waals surface area contributed by atoms with E-state index >= 15 is 0 Å². The SMILES string of the molecule is NC(c1ccc(C(F)(F)F)c(F)c1)C1CCCOC1. The van der Waals surface area contributed by atoms with Crippen LogP contribution in [0.3, 0.4) is 0 Å². The van der Waals surface area contributed by atoms with Gasteiger partial charge in [0.1, 0.15) is 5.82 Å². The Kier molecular flexibility index (Phi) is 4.10.